The van der Waals surface area contributed by atoms with Crippen molar-refractivity contribution in [3.8, 4) is 16.9 Å². The second-order valence-corrected chi connectivity index (χ2v) is 5.00. The molecule has 0 heterocycles. The molecule has 0 aliphatic carbocycles. The molecule has 0 unspecified atom stereocenters. The predicted molar refractivity (Wildman–Crippen MR) is 85.6 cm³/mol. The van der Waals surface area contributed by atoms with Gasteiger partial charge in [0.15, 0.2) is 0 Å². The number of rotatable bonds is 7. The molecule has 0 aliphatic heterocycles. The number of primary amides is 1. The molecule has 0 saturated heterocycles. The maximum atomic E-state index is 13.7. The van der Waals surface area contributed by atoms with Gasteiger partial charge in [-0.2, -0.15) is 0 Å². The number of benzene rings is 2. The number of hydrogen-bond donors (Lipinski definition) is 2. The topological polar surface area (TPSA) is 87.6 Å². The summed E-state index contributed by atoms with van der Waals surface area (Å²) in [6, 6.07) is 9.38. The van der Waals surface area contributed by atoms with E-state index < -0.39 is 11.7 Å². The summed E-state index contributed by atoms with van der Waals surface area (Å²) in [7, 11) is 1.57. The summed E-state index contributed by atoms with van der Waals surface area (Å²) in [6.07, 6.45) is 0. The molecule has 5 nitrogen and oxygen atoms in total. The van der Waals surface area contributed by atoms with Crippen molar-refractivity contribution < 1.29 is 18.7 Å². The third-order valence-electron chi connectivity index (χ3n) is 3.27. The number of nitrogens with two attached hydrogens (primary N) is 2. The average Bonchev–Trinajstić information content (AvgIpc) is 2.54. The van der Waals surface area contributed by atoms with E-state index in [0.717, 1.165) is 0 Å². The van der Waals surface area contributed by atoms with Crippen molar-refractivity contribution in [1.29, 1.82) is 0 Å². The number of ether oxygens (including phenoxy) is 2. The molecule has 0 atom stereocenters. The van der Waals surface area contributed by atoms with Crippen LogP contribution in [-0.4, -0.2) is 26.2 Å². The SMILES string of the molecule is COCCOc1cc(C(N)=O)cc(-c2cc(F)cc(CN)c2)c1. The number of halogens is 1. The quantitative estimate of drug-likeness (QED) is 0.765. The highest BCUT2D eigenvalue weighted by Crippen LogP contribution is 2.28. The Hall–Kier alpha value is -2.44. The standard InChI is InChI=1S/C17H19FN2O3/c1-22-2-3-23-16-8-13(6-14(9-16)17(20)21)12-4-11(10-19)5-15(18)7-12/h4-9H,2-3,10,19H2,1H3,(H2,20,21). The van der Waals surface area contributed by atoms with Gasteiger partial charge in [0.1, 0.15) is 18.2 Å². The molecule has 1 amide bonds. The lowest BCUT2D eigenvalue weighted by Crippen LogP contribution is -2.12. The van der Waals surface area contributed by atoms with Crippen LogP contribution >= 0.6 is 0 Å². The van der Waals surface area contributed by atoms with E-state index in [1.807, 2.05) is 0 Å². The first-order valence-corrected chi connectivity index (χ1v) is 7.10. The normalized spacial score (nSPS) is 10.6. The molecule has 122 valence electrons. The van der Waals surface area contributed by atoms with Crippen LogP contribution in [0.2, 0.25) is 0 Å². The molecule has 0 bridgehead atoms. The number of carbonyl (C=O) groups excluding carboxylic acids is 1. The zero-order chi connectivity index (χ0) is 16.8. The minimum absolute atomic E-state index is 0.220. The highest BCUT2D eigenvalue weighted by molar-refractivity contribution is 5.94. The third kappa shape index (κ3) is 4.51. The van der Waals surface area contributed by atoms with Crippen molar-refractivity contribution in [2.75, 3.05) is 20.3 Å². The number of hydrogen-bond acceptors (Lipinski definition) is 4. The number of amides is 1. The molecule has 0 aromatic heterocycles. The maximum Gasteiger partial charge on any atom is 0.248 e. The second-order valence-electron chi connectivity index (χ2n) is 5.00. The summed E-state index contributed by atoms with van der Waals surface area (Å²) in [6.45, 7) is 0.959. The van der Waals surface area contributed by atoms with Crippen LogP contribution < -0.4 is 16.2 Å². The lowest BCUT2D eigenvalue weighted by atomic mass is 10.00. The summed E-state index contributed by atoms with van der Waals surface area (Å²) in [5, 5.41) is 0. The molecule has 0 spiro atoms. The molecular weight excluding hydrogens is 299 g/mol. The molecule has 2 rings (SSSR count). The molecule has 23 heavy (non-hydrogen) atoms. The van der Waals surface area contributed by atoms with Crippen LogP contribution in [-0.2, 0) is 11.3 Å². The van der Waals surface area contributed by atoms with Crippen LogP contribution in [0.5, 0.6) is 5.75 Å². The van der Waals surface area contributed by atoms with Gasteiger partial charge in [0.2, 0.25) is 5.91 Å². The van der Waals surface area contributed by atoms with Gasteiger partial charge in [0.05, 0.1) is 6.61 Å². The highest BCUT2D eigenvalue weighted by Gasteiger charge is 2.10. The molecule has 0 fully saturated rings. The van der Waals surface area contributed by atoms with E-state index in [1.165, 1.54) is 12.1 Å². The minimum Gasteiger partial charge on any atom is -0.491 e. The monoisotopic (exact) mass is 318 g/mol. The van der Waals surface area contributed by atoms with Gasteiger partial charge in [-0.3, -0.25) is 4.79 Å². The lowest BCUT2D eigenvalue weighted by Gasteiger charge is -2.11. The smallest absolute Gasteiger partial charge is 0.248 e. The van der Waals surface area contributed by atoms with Crippen molar-refractivity contribution in [2.45, 2.75) is 6.54 Å². The second kappa shape index (κ2) is 7.71. The zero-order valence-electron chi connectivity index (χ0n) is 12.8. The van der Waals surface area contributed by atoms with Crippen LogP contribution in [0, 0.1) is 5.82 Å². The van der Waals surface area contributed by atoms with E-state index in [9.17, 15) is 9.18 Å². The Kier molecular flexibility index (Phi) is 5.67. The first-order chi connectivity index (χ1) is 11.0. The van der Waals surface area contributed by atoms with Crippen molar-refractivity contribution in [3.05, 3.63) is 53.3 Å². The first-order valence-electron chi connectivity index (χ1n) is 7.10. The third-order valence-corrected chi connectivity index (χ3v) is 3.27. The Labute approximate surface area is 134 Å². The van der Waals surface area contributed by atoms with Gasteiger partial charge in [-0.15, -0.1) is 0 Å². The van der Waals surface area contributed by atoms with E-state index in [4.69, 9.17) is 20.9 Å². The van der Waals surface area contributed by atoms with E-state index in [-0.39, 0.29) is 12.1 Å². The first kappa shape index (κ1) is 16.9. The molecule has 0 saturated carbocycles. The predicted octanol–water partition coefficient (Wildman–Crippen LogP) is 2.08. The molecule has 4 N–H and O–H groups in total. The number of methoxy groups -OCH3 is 1. The molecular formula is C17H19FN2O3. The fourth-order valence-electron chi connectivity index (χ4n) is 2.17. The fourth-order valence-corrected chi connectivity index (χ4v) is 2.17. The average molecular weight is 318 g/mol. The van der Waals surface area contributed by atoms with Crippen LogP contribution in [0.25, 0.3) is 11.1 Å². The van der Waals surface area contributed by atoms with Gasteiger partial charge < -0.3 is 20.9 Å². The summed E-state index contributed by atoms with van der Waals surface area (Å²) < 4.78 is 24.2. The Morgan fingerprint density at radius 2 is 1.83 bits per heavy atom. The summed E-state index contributed by atoms with van der Waals surface area (Å²) in [4.78, 5) is 11.5. The van der Waals surface area contributed by atoms with Gasteiger partial charge in [-0.1, -0.05) is 0 Å². The van der Waals surface area contributed by atoms with Crippen molar-refractivity contribution in [1.82, 2.24) is 0 Å². The van der Waals surface area contributed by atoms with Gasteiger partial charge in [-0.05, 0) is 53.1 Å². The summed E-state index contributed by atoms with van der Waals surface area (Å²) in [5.74, 6) is -0.514. The Balaban J connectivity index is 2.44. The Morgan fingerprint density at radius 1 is 1.09 bits per heavy atom. The van der Waals surface area contributed by atoms with E-state index in [0.29, 0.717) is 35.7 Å². The minimum atomic E-state index is -0.584. The number of carbonyl (C=O) groups is 1. The van der Waals surface area contributed by atoms with Gasteiger partial charge in [0, 0.05) is 19.2 Å². The van der Waals surface area contributed by atoms with Crippen LogP contribution in [0.15, 0.2) is 36.4 Å². The van der Waals surface area contributed by atoms with Gasteiger partial charge in [0.25, 0.3) is 0 Å². The molecule has 0 aliphatic rings. The summed E-state index contributed by atoms with van der Waals surface area (Å²) >= 11 is 0. The van der Waals surface area contributed by atoms with Gasteiger partial charge in [-0.25, -0.2) is 4.39 Å². The summed E-state index contributed by atoms with van der Waals surface area (Å²) in [5.41, 5.74) is 13.1. The van der Waals surface area contributed by atoms with Crippen molar-refractivity contribution in [2.24, 2.45) is 11.5 Å². The molecule has 6 heteroatoms. The van der Waals surface area contributed by atoms with Crippen LogP contribution in [0.1, 0.15) is 15.9 Å². The zero-order valence-corrected chi connectivity index (χ0v) is 12.8. The molecule has 0 radical (unpaired) electrons. The largest absolute Gasteiger partial charge is 0.491 e. The van der Waals surface area contributed by atoms with Crippen LogP contribution in [0.3, 0.4) is 0 Å². The highest BCUT2D eigenvalue weighted by atomic mass is 19.1. The van der Waals surface area contributed by atoms with Gasteiger partial charge >= 0.3 is 0 Å². The van der Waals surface area contributed by atoms with Crippen molar-refractivity contribution >= 4 is 5.91 Å². The Morgan fingerprint density at radius 3 is 2.48 bits per heavy atom. The lowest BCUT2D eigenvalue weighted by molar-refractivity contribution is 0.0999. The van der Waals surface area contributed by atoms with Crippen molar-refractivity contribution in [3.63, 3.8) is 0 Å². The molecule has 2 aromatic rings. The molecule has 2 aromatic carbocycles. The fraction of sp³-hybridized carbons (Fsp3) is 0.235. The van der Waals surface area contributed by atoms with E-state index in [2.05, 4.69) is 0 Å². The van der Waals surface area contributed by atoms with E-state index in [1.54, 1.807) is 31.4 Å². The van der Waals surface area contributed by atoms with Crippen LogP contribution in [0.4, 0.5) is 4.39 Å². The van der Waals surface area contributed by atoms with E-state index >= 15 is 0 Å². The maximum absolute atomic E-state index is 13.7. The Bertz CT molecular complexity index is 704.